The van der Waals surface area contributed by atoms with Crippen molar-refractivity contribution in [3.05, 3.63) is 47.2 Å². The average Bonchev–Trinajstić information content (AvgIpc) is 2.96. The van der Waals surface area contributed by atoms with Gasteiger partial charge in [-0.25, -0.2) is 4.79 Å². The summed E-state index contributed by atoms with van der Waals surface area (Å²) in [4.78, 5) is 12.0. The van der Waals surface area contributed by atoms with Gasteiger partial charge in [0.1, 0.15) is 5.60 Å². The van der Waals surface area contributed by atoms with Crippen LogP contribution in [0.1, 0.15) is 39.6 Å². The van der Waals surface area contributed by atoms with Gasteiger partial charge in [0, 0.05) is 10.7 Å². The number of aromatic nitrogens is 4. The number of ether oxygens (including phenoxy) is 1. The Morgan fingerprint density at radius 3 is 2.70 bits per heavy atom. The summed E-state index contributed by atoms with van der Waals surface area (Å²) in [5.74, 6) is 1.08. The lowest BCUT2D eigenvalue weighted by atomic mass is 10.2. The van der Waals surface area contributed by atoms with Crippen molar-refractivity contribution in [2.45, 2.75) is 39.3 Å². The molecule has 1 aromatic carbocycles. The van der Waals surface area contributed by atoms with Gasteiger partial charge in [-0.3, -0.25) is 0 Å². The first kappa shape index (κ1) is 18.9. The number of nitrogens with zero attached hydrogens (tertiary/aromatic N) is 4. The minimum absolute atomic E-state index is 0.441. The minimum atomic E-state index is -0.580. The third-order valence-electron chi connectivity index (χ3n) is 3.50. The summed E-state index contributed by atoms with van der Waals surface area (Å²) in [6.45, 7) is 7.20. The maximum atomic E-state index is 12.0. The fourth-order valence-corrected chi connectivity index (χ4v) is 2.60. The van der Waals surface area contributed by atoms with E-state index in [-0.39, 0.29) is 0 Å². The van der Waals surface area contributed by atoms with E-state index in [2.05, 4.69) is 25.9 Å². The van der Waals surface area contributed by atoms with Crippen molar-refractivity contribution in [2.24, 2.45) is 0 Å². The highest BCUT2D eigenvalue weighted by atomic mass is 35.5. The molecule has 0 bridgehead atoms. The zero-order valence-corrected chi connectivity index (χ0v) is 16.3. The molecule has 0 saturated heterocycles. The second kappa shape index (κ2) is 7.40. The Bertz CT molecular complexity index is 966. The molecule has 0 radical (unpaired) electrons. The van der Waals surface area contributed by atoms with Crippen LogP contribution in [0.5, 0.6) is 0 Å². The standard InChI is InChI=1S/C18H21ClN6O2/c1-11(20-17(26)27-18(2,3)4)16-23-22-15-9-8-14(24-25(15)16)21-13-7-5-6-12(19)10-13/h5-11H,1-4H3,(H,20,26)(H,21,24). The largest absolute Gasteiger partial charge is 0.444 e. The molecule has 27 heavy (non-hydrogen) atoms. The highest BCUT2D eigenvalue weighted by Gasteiger charge is 2.21. The number of carbonyl (C=O) groups excluding carboxylic acids is 1. The van der Waals surface area contributed by atoms with Gasteiger partial charge < -0.3 is 15.4 Å². The number of fused-ring (bicyclic) bond motifs is 1. The Balaban J connectivity index is 1.81. The molecule has 2 aromatic heterocycles. The molecule has 1 amide bonds. The van der Waals surface area contributed by atoms with Crippen LogP contribution in [0.3, 0.4) is 0 Å². The molecule has 2 heterocycles. The monoisotopic (exact) mass is 388 g/mol. The Morgan fingerprint density at radius 2 is 2.00 bits per heavy atom. The van der Waals surface area contributed by atoms with E-state index < -0.39 is 17.7 Å². The zero-order valence-electron chi connectivity index (χ0n) is 15.5. The summed E-state index contributed by atoms with van der Waals surface area (Å²) < 4.78 is 6.86. The van der Waals surface area contributed by atoms with E-state index in [1.54, 1.807) is 56.5 Å². The van der Waals surface area contributed by atoms with Crippen LogP contribution >= 0.6 is 11.6 Å². The summed E-state index contributed by atoms with van der Waals surface area (Å²) in [6.07, 6.45) is -0.528. The summed E-state index contributed by atoms with van der Waals surface area (Å²) in [7, 11) is 0. The van der Waals surface area contributed by atoms with Crippen LogP contribution < -0.4 is 10.6 Å². The van der Waals surface area contributed by atoms with E-state index in [1.165, 1.54) is 0 Å². The Morgan fingerprint density at radius 1 is 1.22 bits per heavy atom. The molecule has 2 N–H and O–H groups in total. The molecule has 8 nitrogen and oxygen atoms in total. The van der Waals surface area contributed by atoms with E-state index >= 15 is 0 Å². The number of hydrogen-bond acceptors (Lipinski definition) is 6. The molecular formula is C18H21ClN6O2. The quantitative estimate of drug-likeness (QED) is 0.698. The summed E-state index contributed by atoms with van der Waals surface area (Å²) in [6, 6.07) is 10.5. The highest BCUT2D eigenvalue weighted by molar-refractivity contribution is 6.30. The zero-order chi connectivity index (χ0) is 19.6. The fourth-order valence-electron chi connectivity index (χ4n) is 2.41. The third-order valence-corrected chi connectivity index (χ3v) is 3.74. The maximum absolute atomic E-state index is 12.0. The van der Waals surface area contributed by atoms with E-state index in [0.29, 0.717) is 22.3 Å². The van der Waals surface area contributed by atoms with Gasteiger partial charge in [0.15, 0.2) is 17.3 Å². The van der Waals surface area contributed by atoms with Crippen molar-refractivity contribution in [3.8, 4) is 0 Å². The van der Waals surface area contributed by atoms with E-state index in [9.17, 15) is 4.79 Å². The van der Waals surface area contributed by atoms with Gasteiger partial charge in [-0.15, -0.1) is 15.3 Å². The van der Waals surface area contributed by atoms with Crippen molar-refractivity contribution in [1.82, 2.24) is 25.1 Å². The molecule has 1 unspecified atom stereocenters. The fraction of sp³-hybridized carbons (Fsp3) is 0.333. The summed E-state index contributed by atoms with van der Waals surface area (Å²) >= 11 is 6.01. The second-order valence-electron chi connectivity index (χ2n) is 7.05. The van der Waals surface area contributed by atoms with E-state index in [4.69, 9.17) is 16.3 Å². The van der Waals surface area contributed by atoms with E-state index in [1.807, 2.05) is 12.1 Å². The van der Waals surface area contributed by atoms with Gasteiger partial charge in [0.05, 0.1) is 6.04 Å². The Hall–Kier alpha value is -2.87. The Labute approximate surface area is 161 Å². The number of anilines is 2. The molecule has 0 spiro atoms. The maximum Gasteiger partial charge on any atom is 0.408 e. The van der Waals surface area contributed by atoms with Crippen molar-refractivity contribution >= 4 is 34.8 Å². The molecule has 9 heteroatoms. The third kappa shape index (κ3) is 4.85. The summed E-state index contributed by atoms with van der Waals surface area (Å²) in [5, 5.41) is 19.3. The first-order chi connectivity index (χ1) is 12.7. The number of alkyl carbamates (subject to hydrolysis) is 1. The average molecular weight is 389 g/mol. The number of carbonyl (C=O) groups is 1. The minimum Gasteiger partial charge on any atom is -0.444 e. The SMILES string of the molecule is CC(NC(=O)OC(C)(C)C)c1nnc2ccc(Nc3cccc(Cl)c3)nn12. The Kier molecular flexibility index (Phi) is 5.18. The number of benzene rings is 1. The predicted molar refractivity (Wildman–Crippen MR) is 103 cm³/mol. The van der Waals surface area contributed by atoms with Gasteiger partial charge in [-0.2, -0.15) is 4.52 Å². The predicted octanol–water partition coefficient (Wildman–Crippen LogP) is 4.11. The molecule has 0 aliphatic carbocycles. The molecule has 3 aromatic rings. The van der Waals surface area contributed by atoms with Crippen molar-refractivity contribution in [3.63, 3.8) is 0 Å². The molecule has 0 aliphatic heterocycles. The van der Waals surface area contributed by atoms with Gasteiger partial charge >= 0.3 is 6.09 Å². The van der Waals surface area contributed by atoms with Crippen molar-refractivity contribution in [2.75, 3.05) is 5.32 Å². The molecular weight excluding hydrogens is 368 g/mol. The molecule has 1 atom stereocenters. The lowest BCUT2D eigenvalue weighted by molar-refractivity contribution is 0.0505. The van der Waals surface area contributed by atoms with Crippen LogP contribution in [0.2, 0.25) is 5.02 Å². The molecule has 0 saturated carbocycles. The van der Waals surface area contributed by atoms with Gasteiger partial charge in [0.2, 0.25) is 0 Å². The van der Waals surface area contributed by atoms with Gasteiger partial charge in [-0.1, -0.05) is 17.7 Å². The van der Waals surface area contributed by atoms with Crippen LogP contribution in [0.4, 0.5) is 16.3 Å². The summed E-state index contributed by atoms with van der Waals surface area (Å²) in [5.41, 5.74) is 0.798. The molecule has 0 fully saturated rings. The smallest absolute Gasteiger partial charge is 0.408 e. The van der Waals surface area contributed by atoms with E-state index in [0.717, 1.165) is 5.69 Å². The first-order valence-electron chi connectivity index (χ1n) is 8.46. The number of rotatable bonds is 4. The number of amides is 1. The highest BCUT2D eigenvalue weighted by Crippen LogP contribution is 2.20. The van der Waals surface area contributed by atoms with Crippen LogP contribution in [0.15, 0.2) is 36.4 Å². The van der Waals surface area contributed by atoms with Gasteiger partial charge in [-0.05, 0) is 58.0 Å². The first-order valence-corrected chi connectivity index (χ1v) is 8.83. The van der Waals surface area contributed by atoms with Crippen LogP contribution in [-0.4, -0.2) is 31.5 Å². The van der Waals surface area contributed by atoms with Crippen LogP contribution in [0, 0.1) is 0 Å². The lowest BCUT2D eigenvalue weighted by Gasteiger charge is -2.21. The van der Waals surface area contributed by atoms with Gasteiger partial charge in [0.25, 0.3) is 0 Å². The van der Waals surface area contributed by atoms with Crippen LogP contribution in [0.25, 0.3) is 5.65 Å². The second-order valence-corrected chi connectivity index (χ2v) is 7.49. The van der Waals surface area contributed by atoms with Crippen molar-refractivity contribution in [1.29, 1.82) is 0 Å². The number of halogens is 1. The molecule has 142 valence electrons. The number of nitrogens with one attached hydrogen (secondary N) is 2. The van der Waals surface area contributed by atoms with Crippen LogP contribution in [-0.2, 0) is 4.74 Å². The number of hydrogen-bond donors (Lipinski definition) is 2. The lowest BCUT2D eigenvalue weighted by Crippen LogP contribution is -2.34. The normalized spacial score (nSPS) is 12.6. The molecule has 3 rings (SSSR count). The molecule has 0 aliphatic rings. The van der Waals surface area contributed by atoms with Crippen molar-refractivity contribution < 1.29 is 9.53 Å². The topological polar surface area (TPSA) is 93.4 Å².